The Morgan fingerprint density at radius 3 is 2.53 bits per heavy atom. The Hall–Kier alpha value is -3.38. The molecule has 30 heavy (non-hydrogen) atoms. The van der Waals surface area contributed by atoms with Gasteiger partial charge in [0.25, 0.3) is 0 Å². The zero-order valence-corrected chi connectivity index (χ0v) is 16.7. The fourth-order valence-corrected chi connectivity index (χ4v) is 3.68. The SMILES string of the molecule is O=C(C[C@@H]1C(=O)NCCN1Cc1ccc(-c2ccccc2)cc1)NCc1ccoc1. The van der Waals surface area contributed by atoms with Gasteiger partial charge in [-0.05, 0) is 22.8 Å². The second-order valence-corrected chi connectivity index (χ2v) is 7.45. The molecule has 4 rings (SSSR count). The summed E-state index contributed by atoms with van der Waals surface area (Å²) in [4.78, 5) is 26.9. The quantitative estimate of drug-likeness (QED) is 0.636. The van der Waals surface area contributed by atoms with Crippen molar-refractivity contribution in [2.75, 3.05) is 13.1 Å². The van der Waals surface area contributed by atoms with Gasteiger partial charge in [0.2, 0.25) is 11.8 Å². The number of hydrogen-bond acceptors (Lipinski definition) is 4. The summed E-state index contributed by atoms with van der Waals surface area (Å²) in [6.45, 7) is 2.33. The predicted octanol–water partition coefficient (Wildman–Crippen LogP) is 2.95. The van der Waals surface area contributed by atoms with E-state index in [0.29, 0.717) is 26.2 Å². The molecular weight excluding hydrogens is 378 g/mol. The smallest absolute Gasteiger partial charge is 0.237 e. The number of rotatable bonds is 7. The van der Waals surface area contributed by atoms with Gasteiger partial charge >= 0.3 is 0 Å². The highest BCUT2D eigenvalue weighted by molar-refractivity contribution is 5.88. The number of carbonyl (C=O) groups is 2. The van der Waals surface area contributed by atoms with Crippen LogP contribution >= 0.6 is 0 Å². The van der Waals surface area contributed by atoms with Crippen molar-refractivity contribution in [1.82, 2.24) is 15.5 Å². The number of hydrogen-bond donors (Lipinski definition) is 2. The lowest BCUT2D eigenvalue weighted by atomic mass is 10.0. The zero-order chi connectivity index (χ0) is 20.8. The van der Waals surface area contributed by atoms with Crippen LogP contribution in [-0.4, -0.2) is 35.8 Å². The molecule has 2 aromatic carbocycles. The van der Waals surface area contributed by atoms with E-state index in [1.54, 1.807) is 18.6 Å². The molecule has 1 atom stereocenters. The van der Waals surface area contributed by atoms with Crippen LogP contribution in [-0.2, 0) is 22.7 Å². The number of furan rings is 1. The molecule has 1 aliphatic heterocycles. The van der Waals surface area contributed by atoms with Gasteiger partial charge in [-0.2, -0.15) is 0 Å². The molecule has 2 heterocycles. The molecule has 1 aliphatic rings. The monoisotopic (exact) mass is 403 g/mol. The van der Waals surface area contributed by atoms with Gasteiger partial charge in [0, 0.05) is 31.7 Å². The van der Waals surface area contributed by atoms with Crippen molar-refractivity contribution in [3.8, 4) is 11.1 Å². The third-order valence-corrected chi connectivity index (χ3v) is 5.34. The van der Waals surface area contributed by atoms with E-state index >= 15 is 0 Å². The summed E-state index contributed by atoms with van der Waals surface area (Å²) >= 11 is 0. The minimum atomic E-state index is -0.475. The highest BCUT2D eigenvalue weighted by Gasteiger charge is 2.31. The van der Waals surface area contributed by atoms with E-state index in [1.165, 1.54) is 5.56 Å². The lowest BCUT2D eigenvalue weighted by Crippen LogP contribution is -2.56. The molecule has 0 radical (unpaired) electrons. The van der Waals surface area contributed by atoms with Crippen LogP contribution in [0.5, 0.6) is 0 Å². The molecule has 0 saturated carbocycles. The molecule has 0 bridgehead atoms. The Morgan fingerprint density at radius 2 is 1.80 bits per heavy atom. The topological polar surface area (TPSA) is 74.6 Å². The summed E-state index contributed by atoms with van der Waals surface area (Å²) in [7, 11) is 0. The third-order valence-electron chi connectivity index (χ3n) is 5.34. The van der Waals surface area contributed by atoms with Gasteiger partial charge < -0.3 is 15.1 Å². The highest BCUT2D eigenvalue weighted by Crippen LogP contribution is 2.21. The molecule has 2 amide bonds. The van der Waals surface area contributed by atoms with E-state index in [0.717, 1.165) is 16.7 Å². The van der Waals surface area contributed by atoms with Crippen molar-refractivity contribution in [2.45, 2.75) is 25.6 Å². The van der Waals surface area contributed by atoms with Gasteiger partial charge in [0.05, 0.1) is 25.0 Å². The largest absolute Gasteiger partial charge is 0.472 e. The first-order valence-electron chi connectivity index (χ1n) is 10.1. The molecule has 3 aromatic rings. The molecule has 0 aliphatic carbocycles. The van der Waals surface area contributed by atoms with Crippen molar-refractivity contribution in [1.29, 1.82) is 0 Å². The summed E-state index contributed by atoms with van der Waals surface area (Å²) in [5, 5.41) is 5.74. The molecule has 0 spiro atoms. The van der Waals surface area contributed by atoms with Crippen LogP contribution in [0.3, 0.4) is 0 Å². The van der Waals surface area contributed by atoms with Crippen LogP contribution in [0.1, 0.15) is 17.5 Å². The van der Waals surface area contributed by atoms with E-state index in [9.17, 15) is 9.59 Å². The molecule has 6 nitrogen and oxygen atoms in total. The Labute approximate surface area is 175 Å². The minimum Gasteiger partial charge on any atom is -0.472 e. The summed E-state index contributed by atoms with van der Waals surface area (Å²) in [6, 6.07) is 19.9. The van der Waals surface area contributed by atoms with Crippen LogP contribution in [0.25, 0.3) is 11.1 Å². The van der Waals surface area contributed by atoms with Crippen molar-refractivity contribution in [2.24, 2.45) is 0 Å². The summed E-state index contributed by atoms with van der Waals surface area (Å²) in [5.74, 6) is -0.247. The first-order chi connectivity index (χ1) is 14.7. The fraction of sp³-hybridized carbons (Fsp3) is 0.250. The maximum absolute atomic E-state index is 12.5. The number of nitrogens with one attached hydrogen (secondary N) is 2. The highest BCUT2D eigenvalue weighted by atomic mass is 16.3. The molecular formula is C24H25N3O3. The number of nitrogens with zero attached hydrogens (tertiary/aromatic N) is 1. The lowest BCUT2D eigenvalue weighted by Gasteiger charge is -2.34. The Balaban J connectivity index is 1.38. The lowest BCUT2D eigenvalue weighted by molar-refractivity contribution is -0.134. The van der Waals surface area contributed by atoms with Crippen LogP contribution < -0.4 is 10.6 Å². The first kappa shape index (κ1) is 19.9. The average Bonchev–Trinajstić information content (AvgIpc) is 3.30. The minimum absolute atomic E-state index is 0.0967. The fourth-order valence-electron chi connectivity index (χ4n) is 3.68. The standard InChI is InChI=1S/C24H25N3O3/c28-23(26-15-19-10-13-30-17-19)14-22-24(29)25-11-12-27(22)16-18-6-8-21(9-7-18)20-4-2-1-3-5-20/h1-10,13,17,22H,11-12,14-16H2,(H,25,29)(H,26,28)/t22-/m1/s1. The van der Waals surface area contributed by atoms with Gasteiger partial charge in [0.15, 0.2) is 0 Å². The van der Waals surface area contributed by atoms with E-state index in [2.05, 4.69) is 51.9 Å². The molecule has 1 saturated heterocycles. The molecule has 1 aromatic heterocycles. The molecule has 0 unspecified atom stereocenters. The van der Waals surface area contributed by atoms with Crippen molar-refractivity contribution >= 4 is 11.8 Å². The van der Waals surface area contributed by atoms with Gasteiger partial charge in [-0.25, -0.2) is 0 Å². The Kier molecular flexibility index (Phi) is 6.25. The van der Waals surface area contributed by atoms with E-state index in [4.69, 9.17) is 4.42 Å². The zero-order valence-electron chi connectivity index (χ0n) is 16.7. The van der Waals surface area contributed by atoms with Crippen molar-refractivity contribution < 1.29 is 14.0 Å². The molecule has 2 N–H and O–H groups in total. The second kappa shape index (κ2) is 9.41. The van der Waals surface area contributed by atoms with Gasteiger partial charge in [0.1, 0.15) is 0 Å². The third kappa shape index (κ3) is 4.96. The van der Waals surface area contributed by atoms with Gasteiger partial charge in [-0.1, -0.05) is 54.6 Å². The van der Waals surface area contributed by atoms with E-state index < -0.39 is 6.04 Å². The van der Waals surface area contributed by atoms with E-state index in [-0.39, 0.29) is 18.2 Å². The summed E-state index contributed by atoms with van der Waals surface area (Å²) < 4.78 is 5.01. The number of piperazine rings is 1. The summed E-state index contributed by atoms with van der Waals surface area (Å²) in [5.41, 5.74) is 4.35. The Morgan fingerprint density at radius 1 is 1.03 bits per heavy atom. The Bertz CT molecular complexity index is 969. The number of benzene rings is 2. The van der Waals surface area contributed by atoms with Gasteiger partial charge in [-0.3, -0.25) is 14.5 Å². The van der Waals surface area contributed by atoms with Crippen molar-refractivity contribution in [3.63, 3.8) is 0 Å². The van der Waals surface area contributed by atoms with Crippen molar-refractivity contribution in [3.05, 3.63) is 84.3 Å². The molecule has 154 valence electrons. The van der Waals surface area contributed by atoms with E-state index in [1.807, 2.05) is 18.2 Å². The van der Waals surface area contributed by atoms with Gasteiger partial charge in [-0.15, -0.1) is 0 Å². The molecule has 6 heteroatoms. The van der Waals surface area contributed by atoms with Crippen LogP contribution in [0.2, 0.25) is 0 Å². The second-order valence-electron chi connectivity index (χ2n) is 7.45. The van der Waals surface area contributed by atoms with Crippen LogP contribution in [0, 0.1) is 0 Å². The number of amides is 2. The van der Waals surface area contributed by atoms with Crippen LogP contribution in [0.15, 0.2) is 77.6 Å². The molecule has 1 fully saturated rings. The average molecular weight is 403 g/mol. The maximum Gasteiger partial charge on any atom is 0.237 e. The maximum atomic E-state index is 12.5. The van der Waals surface area contributed by atoms with Crippen LogP contribution in [0.4, 0.5) is 0 Å². The summed E-state index contributed by atoms with van der Waals surface area (Å²) in [6.07, 6.45) is 3.30. The number of carbonyl (C=O) groups excluding carboxylic acids is 2. The normalized spacial score (nSPS) is 16.8. The predicted molar refractivity (Wildman–Crippen MR) is 114 cm³/mol. The first-order valence-corrected chi connectivity index (χ1v) is 10.1.